The molecule has 0 saturated carbocycles. The SMILES string of the molecule is O=C(O)c1ccc2c(c1)N(C(=O)Cc1ccccn1)CC2. The topological polar surface area (TPSA) is 70.5 Å². The Kier molecular flexibility index (Phi) is 3.39. The molecule has 21 heavy (non-hydrogen) atoms. The number of nitrogens with zero attached hydrogens (tertiary/aromatic N) is 2. The Morgan fingerprint density at radius 1 is 1.24 bits per heavy atom. The van der Waals surface area contributed by atoms with E-state index in [1.807, 2.05) is 12.1 Å². The van der Waals surface area contributed by atoms with E-state index in [9.17, 15) is 9.59 Å². The van der Waals surface area contributed by atoms with Crippen molar-refractivity contribution in [3.05, 3.63) is 59.4 Å². The first-order chi connectivity index (χ1) is 10.1. The summed E-state index contributed by atoms with van der Waals surface area (Å²) < 4.78 is 0. The molecule has 0 atom stereocenters. The maximum absolute atomic E-state index is 12.4. The van der Waals surface area contributed by atoms with E-state index in [2.05, 4.69) is 4.98 Å². The van der Waals surface area contributed by atoms with Gasteiger partial charge in [0.15, 0.2) is 0 Å². The number of amides is 1. The monoisotopic (exact) mass is 282 g/mol. The summed E-state index contributed by atoms with van der Waals surface area (Å²) in [7, 11) is 0. The highest BCUT2D eigenvalue weighted by molar-refractivity contribution is 5.98. The van der Waals surface area contributed by atoms with Crippen LogP contribution in [-0.2, 0) is 17.6 Å². The van der Waals surface area contributed by atoms with Crippen molar-refractivity contribution in [2.24, 2.45) is 0 Å². The second-order valence-corrected chi connectivity index (χ2v) is 4.94. The lowest BCUT2D eigenvalue weighted by molar-refractivity contribution is -0.117. The molecule has 0 bridgehead atoms. The average Bonchev–Trinajstić information content (AvgIpc) is 2.91. The van der Waals surface area contributed by atoms with Crippen LogP contribution in [0.3, 0.4) is 0 Å². The fourth-order valence-electron chi connectivity index (χ4n) is 2.52. The van der Waals surface area contributed by atoms with E-state index in [1.54, 1.807) is 35.4 Å². The minimum atomic E-state index is -0.984. The second kappa shape index (κ2) is 5.36. The Morgan fingerprint density at radius 2 is 2.10 bits per heavy atom. The fraction of sp³-hybridized carbons (Fsp3) is 0.188. The van der Waals surface area contributed by atoms with Crippen LogP contribution in [0.15, 0.2) is 42.6 Å². The molecule has 1 aliphatic heterocycles. The summed E-state index contributed by atoms with van der Waals surface area (Å²) >= 11 is 0. The first-order valence-corrected chi connectivity index (χ1v) is 6.71. The van der Waals surface area contributed by atoms with Crippen molar-refractivity contribution in [3.8, 4) is 0 Å². The lowest BCUT2D eigenvalue weighted by Crippen LogP contribution is -2.30. The van der Waals surface area contributed by atoms with Crippen molar-refractivity contribution >= 4 is 17.6 Å². The first-order valence-electron chi connectivity index (χ1n) is 6.71. The van der Waals surface area contributed by atoms with Gasteiger partial charge in [-0.2, -0.15) is 0 Å². The molecule has 0 saturated heterocycles. The standard InChI is InChI=1S/C16H14N2O3/c19-15(10-13-3-1-2-7-17-13)18-8-6-11-4-5-12(16(20)21)9-14(11)18/h1-5,7,9H,6,8,10H2,(H,20,21). The zero-order chi connectivity index (χ0) is 14.8. The number of aromatic nitrogens is 1. The summed E-state index contributed by atoms with van der Waals surface area (Å²) in [6, 6.07) is 10.4. The van der Waals surface area contributed by atoms with E-state index >= 15 is 0 Å². The molecular weight excluding hydrogens is 268 g/mol. The fourth-order valence-corrected chi connectivity index (χ4v) is 2.52. The van der Waals surface area contributed by atoms with Crippen LogP contribution in [0.2, 0.25) is 0 Å². The quantitative estimate of drug-likeness (QED) is 0.933. The van der Waals surface area contributed by atoms with Gasteiger partial charge in [-0.05, 0) is 36.2 Å². The third kappa shape index (κ3) is 2.63. The lowest BCUT2D eigenvalue weighted by Gasteiger charge is -2.17. The molecule has 1 amide bonds. The minimum Gasteiger partial charge on any atom is -0.478 e. The van der Waals surface area contributed by atoms with Crippen LogP contribution in [0.4, 0.5) is 5.69 Å². The van der Waals surface area contributed by atoms with Crippen LogP contribution in [0.25, 0.3) is 0 Å². The van der Waals surface area contributed by atoms with Crippen molar-refractivity contribution in [2.75, 3.05) is 11.4 Å². The molecule has 0 fully saturated rings. The number of pyridine rings is 1. The summed E-state index contributed by atoms with van der Waals surface area (Å²) in [4.78, 5) is 29.3. The molecule has 0 unspecified atom stereocenters. The molecule has 1 aliphatic rings. The predicted molar refractivity (Wildman–Crippen MR) is 77.4 cm³/mol. The Hall–Kier alpha value is -2.69. The molecule has 0 spiro atoms. The number of carboxylic acids is 1. The van der Waals surface area contributed by atoms with Crippen molar-refractivity contribution in [2.45, 2.75) is 12.8 Å². The first kappa shape index (κ1) is 13.3. The number of fused-ring (bicyclic) bond motifs is 1. The molecule has 0 radical (unpaired) electrons. The van der Waals surface area contributed by atoms with Crippen LogP contribution in [-0.4, -0.2) is 28.5 Å². The largest absolute Gasteiger partial charge is 0.478 e. The summed E-state index contributed by atoms with van der Waals surface area (Å²) in [6.45, 7) is 0.587. The maximum atomic E-state index is 12.4. The normalized spacial score (nSPS) is 13.0. The molecule has 5 nitrogen and oxygen atoms in total. The van der Waals surface area contributed by atoms with E-state index in [0.717, 1.165) is 12.0 Å². The molecule has 1 aromatic heterocycles. The number of hydrogen-bond donors (Lipinski definition) is 1. The van der Waals surface area contributed by atoms with Crippen LogP contribution in [0.5, 0.6) is 0 Å². The van der Waals surface area contributed by atoms with Gasteiger partial charge >= 0.3 is 5.97 Å². The molecule has 2 heterocycles. The highest BCUT2D eigenvalue weighted by Crippen LogP contribution is 2.29. The number of rotatable bonds is 3. The zero-order valence-electron chi connectivity index (χ0n) is 11.3. The highest BCUT2D eigenvalue weighted by Gasteiger charge is 2.25. The Labute approximate surface area is 121 Å². The maximum Gasteiger partial charge on any atom is 0.335 e. The Morgan fingerprint density at radius 3 is 2.81 bits per heavy atom. The zero-order valence-corrected chi connectivity index (χ0v) is 11.3. The van der Waals surface area contributed by atoms with Gasteiger partial charge in [0.1, 0.15) is 0 Å². The third-order valence-corrected chi connectivity index (χ3v) is 3.59. The van der Waals surface area contributed by atoms with Gasteiger partial charge in [0, 0.05) is 24.1 Å². The summed E-state index contributed by atoms with van der Waals surface area (Å²) in [5, 5.41) is 9.06. The number of carbonyl (C=O) groups is 2. The summed E-state index contributed by atoms with van der Waals surface area (Å²) in [5.74, 6) is -1.04. The molecule has 2 aromatic rings. The number of benzene rings is 1. The number of aromatic carboxylic acids is 1. The Bertz CT molecular complexity index is 698. The Balaban J connectivity index is 1.84. The van der Waals surface area contributed by atoms with Crippen LogP contribution < -0.4 is 4.90 Å². The van der Waals surface area contributed by atoms with Crippen LogP contribution in [0.1, 0.15) is 21.6 Å². The molecule has 5 heteroatoms. The number of carboxylic acid groups (broad SMARTS) is 1. The second-order valence-electron chi connectivity index (χ2n) is 4.94. The molecule has 1 aromatic carbocycles. The van der Waals surface area contributed by atoms with Gasteiger partial charge < -0.3 is 10.0 Å². The average molecular weight is 282 g/mol. The summed E-state index contributed by atoms with van der Waals surface area (Å²) in [6.07, 6.45) is 2.63. The molecule has 3 rings (SSSR count). The van der Waals surface area contributed by atoms with Gasteiger partial charge in [-0.1, -0.05) is 12.1 Å². The smallest absolute Gasteiger partial charge is 0.335 e. The van der Waals surface area contributed by atoms with E-state index in [0.29, 0.717) is 17.9 Å². The van der Waals surface area contributed by atoms with Gasteiger partial charge in [0.2, 0.25) is 5.91 Å². The van der Waals surface area contributed by atoms with E-state index in [-0.39, 0.29) is 17.9 Å². The molecule has 106 valence electrons. The van der Waals surface area contributed by atoms with Crippen molar-refractivity contribution in [1.82, 2.24) is 4.98 Å². The van der Waals surface area contributed by atoms with Gasteiger partial charge in [-0.25, -0.2) is 4.79 Å². The molecule has 1 N–H and O–H groups in total. The van der Waals surface area contributed by atoms with Crippen LogP contribution >= 0.6 is 0 Å². The predicted octanol–water partition coefficient (Wildman–Crippen LogP) is 1.91. The van der Waals surface area contributed by atoms with E-state index < -0.39 is 5.97 Å². The van der Waals surface area contributed by atoms with Crippen molar-refractivity contribution in [1.29, 1.82) is 0 Å². The van der Waals surface area contributed by atoms with Crippen molar-refractivity contribution in [3.63, 3.8) is 0 Å². The molecular formula is C16H14N2O3. The number of carbonyl (C=O) groups excluding carboxylic acids is 1. The van der Waals surface area contributed by atoms with Gasteiger partial charge in [-0.3, -0.25) is 9.78 Å². The van der Waals surface area contributed by atoms with Crippen molar-refractivity contribution < 1.29 is 14.7 Å². The van der Waals surface area contributed by atoms with Gasteiger partial charge in [0.25, 0.3) is 0 Å². The van der Waals surface area contributed by atoms with Gasteiger partial charge in [0.05, 0.1) is 12.0 Å². The van der Waals surface area contributed by atoms with Gasteiger partial charge in [-0.15, -0.1) is 0 Å². The number of hydrogen-bond acceptors (Lipinski definition) is 3. The van der Waals surface area contributed by atoms with E-state index in [4.69, 9.17) is 5.11 Å². The van der Waals surface area contributed by atoms with E-state index in [1.165, 1.54) is 0 Å². The lowest BCUT2D eigenvalue weighted by atomic mass is 10.1. The highest BCUT2D eigenvalue weighted by atomic mass is 16.4. The molecule has 0 aliphatic carbocycles. The summed E-state index contributed by atoms with van der Waals surface area (Å²) in [5.41, 5.74) is 2.63. The van der Waals surface area contributed by atoms with Crippen LogP contribution in [0, 0.1) is 0 Å². The number of anilines is 1. The minimum absolute atomic E-state index is 0.0602. The third-order valence-electron chi connectivity index (χ3n) is 3.59.